The summed E-state index contributed by atoms with van der Waals surface area (Å²) < 4.78 is 0. The standard InChI is InChI=1S/C16H26N2O/c1-12-6-5-7-13(10-12)8-9-18-15(19)11-14(17)16(2,3)4/h5-7,10,14H,8-9,11,17H2,1-4H3,(H,18,19). The molecule has 0 radical (unpaired) electrons. The summed E-state index contributed by atoms with van der Waals surface area (Å²) in [7, 11) is 0. The largest absolute Gasteiger partial charge is 0.356 e. The SMILES string of the molecule is Cc1cccc(CCNC(=O)CC(N)C(C)(C)C)c1. The zero-order valence-electron chi connectivity index (χ0n) is 12.5. The molecule has 106 valence electrons. The molecule has 1 aromatic rings. The van der Waals surface area contributed by atoms with E-state index in [-0.39, 0.29) is 17.4 Å². The van der Waals surface area contributed by atoms with Crippen molar-refractivity contribution in [1.29, 1.82) is 0 Å². The molecule has 0 aliphatic heterocycles. The Bertz CT molecular complexity index is 421. The Morgan fingerprint density at radius 1 is 1.37 bits per heavy atom. The third-order valence-corrected chi connectivity index (χ3v) is 3.34. The quantitative estimate of drug-likeness (QED) is 0.856. The predicted octanol–water partition coefficient (Wildman–Crippen LogP) is 2.42. The second kappa shape index (κ2) is 6.71. The molecule has 1 rings (SSSR count). The summed E-state index contributed by atoms with van der Waals surface area (Å²) in [6.07, 6.45) is 1.25. The molecule has 3 nitrogen and oxygen atoms in total. The lowest BCUT2D eigenvalue weighted by Crippen LogP contribution is -2.40. The zero-order valence-corrected chi connectivity index (χ0v) is 12.5. The van der Waals surface area contributed by atoms with Crippen LogP contribution in [0.15, 0.2) is 24.3 Å². The Kier molecular flexibility index (Phi) is 5.55. The fraction of sp³-hybridized carbons (Fsp3) is 0.562. The van der Waals surface area contributed by atoms with Crippen LogP contribution in [0.4, 0.5) is 0 Å². The summed E-state index contributed by atoms with van der Waals surface area (Å²) in [5.74, 6) is 0.0371. The Balaban J connectivity index is 2.32. The van der Waals surface area contributed by atoms with E-state index in [4.69, 9.17) is 5.73 Å². The highest BCUT2D eigenvalue weighted by Gasteiger charge is 2.22. The van der Waals surface area contributed by atoms with E-state index < -0.39 is 0 Å². The van der Waals surface area contributed by atoms with Crippen molar-refractivity contribution in [1.82, 2.24) is 5.32 Å². The van der Waals surface area contributed by atoms with Gasteiger partial charge in [-0.05, 0) is 24.3 Å². The maximum absolute atomic E-state index is 11.8. The predicted molar refractivity (Wildman–Crippen MR) is 79.9 cm³/mol. The van der Waals surface area contributed by atoms with Gasteiger partial charge in [-0.1, -0.05) is 50.6 Å². The van der Waals surface area contributed by atoms with Crippen LogP contribution >= 0.6 is 0 Å². The number of rotatable bonds is 5. The van der Waals surface area contributed by atoms with E-state index >= 15 is 0 Å². The van der Waals surface area contributed by atoms with Gasteiger partial charge in [0.05, 0.1) is 0 Å². The molecule has 0 aromatic heterocycles. The zero-order chi connectivity index (χ0) is 14.5. The van der Waals surface area contributed by atoms with Gasteiger partial charge in [-0.25, -0.2) is 0 Å². The second-order valence-electron chi connectivity index (χ2n) is 6.27. The lowest BCUT2D eigenvalue weighted by molar-refractivity contribution is -0.121. The van der Waals surface area contributed by atoms with Gasteiger partial charge in [-0.2, -0.15) is 0 Å². The van der Waals surface area contributed by atoms with Crippen LogP contribution in [0.1, 0.15) is 38.3 Å². The monoisotopic (exact) mass is 262 g/mol. The summed E-state index contributed by atoms with van der Waals surface area (Å²) in [4.78, 5) is 11.8. The number of nitrogens with two attached hydrogens (primary N) is 1. The first kappa shape index (κ1) is 15.7. The molecule has 0 fully saturated rings. The molecule has 3 N–H and O–H groups in total. The van der Waals surface area contributed by atoms with Gasteiger partial charge >= 0.3 is 0 Å². The minimum absolute atomic E-state index is 0.0338. The number of aryl methyl sites for hydroxylation is 1. The average Bonchev–Trinajstić information content (AvgIpc) is 2.27. The van der Waals surface area contributed by atoms with Crippen LogP contribution in [0, 0.1) is 12.3 Å². The number of carbonyl (C=O) groups excluding carboxylic acids is 1. The molecule has 19 heavy (non-hydrogen) atoms. The van der Waals surface area contributed by atoms with E-state index in [0.717, 1.165) is 6.42 Å². The van der Waals surface area contributed by atoms with Crippen molar-refractivity contribution in [3.05, 3.63) is 35.4 Å². The number of carbonyl (C=O) groups is 1. The van der Waals surface area contributed by atoms with Crippen molar-refractivity contribution in [2.75, 3.05) is 6.54 Å². The molecule has 1 aromatic carbocycles. The first-order valence-corrected chi connectivity index (χ1v) is 6.87. The highest BCUT2D eigenvalue weighted by Crippen LogP contribution is 2.19. The van der Waals surface area contributed by atoms with Crippen molar-refractivity contribution >= 4 is 5.91 Å². The Morgan fingerprint density at radius 2 is 2.05 bits per heavy atom. The van der Waals surface area contributed by atoms with Crippen LogP contribution in [0.3, 0.4) is 0 Å². The Morgan fingerprint density at radius 3 is 2.63 bits per heavy atom. The third kappa shape index (κ3) is 5.88. The van der Waals surface area contributed by atoms with Crippen LogP contribution in [0.25, 0.3) is 0 Å². The van der Waals surface area contributed by atoms with E-state index in [0.29, 0.717) is 13.0 Å². The number of benzene rings is 1. The maximum atomic E-state index is 11.8. The fourth-order valence-corrected chi connectivity index (χ4v) is 1.79. The van der Waals surface area contributed by atoms with Crippen LogP contribution in [0.2, 0.25) is 0 Å². The molecular formula is C16H26N2O. The van der Waals surface area contributed by atoms with E-state index in [1.54, 1.807) is 0 Å². The van der Waals surface area contributed by atoms with Gasteiger partial charge in [0.25, 0.3) is 0 Å². The minimum atomic E-state index is -0.105. The highest BCUT2D eigenvalue weighted by molar-refractivity contribution is 5.76. The second-order valence-corrected chi connectivity index (χ2v) is 6.27. The van der Waals surface area contributed by atoms with Gasteiger partial charge in [0.2, 0.25) is 5.91 Å². The molecule has 1 amide bonds. The molecule has 0 spiro atoms. The van der Waals surface area contributed by atoms with Crippen molar-refractivity contribution in [3.8, 4) is 0 Å². The number of hydrogen-bond acceptors (Lipinski definition) is 2. The molecule has 0 aliphatic carbocycles. The number of amides is 1. The van der Waals surface area contributed by atoms with E-state index in [1.165, 1.54) is 11.1 Å². The normalized spacial score (nSPS) is 13.1. The molecule has 1 unspecified atom stereocenters. The van der Waals surface area contributed by atoms with E-state index in [1.807, 2.05) is 6.07 Å². The molecule has 0 heterocycles. The van der Waals surface area contributed by atoms with Crippen molar-refractivity contribution in [2.45, 2.75) is 46.6 Å². The van der Waals surface area contributed by atoms with Crippen LogP contribution in [-0.4, -0.2) is 18.5 Å². The van der Waals surface area contributed by atoms with Crippen molar-refractivity contribution < 1.29 is 4.79 Å². The molecular weight excluding hydrogens is 236 g/mol. The molecule has 3 heteroatoms. The molecule has 0 aliphatic rings. The van der Waals surface area contributed by atoms with E-state index in [2.05, 4.69) is 51.2 Å². The lowest BCUT2D eigenvalue weighted by Gasteiger charge is -2.26. The topological polar surface area (TPSA) is 55.1 Å². The Hall–Kier alpha value is -1.35. The molecule has 0 saturated carbocycles. The van der Waals surface area contributed by atoms with Crippen LogP contribution in [0.5, 0.6) is 0 Å². The van der Waals surface area contributed by atoms with Gasteiger partial charge in [0, 0.05) is 19.0 Å². The van der Waals surface area contributed by atoms with Gasteiger partial charge in [0.1, 0.15) is 0 Å². The molecule has 0 bridgehead atoms. The third-order valence-electron chi connectivity index (χ3n) is 3.34. The summed E-state index contributed by atoms with van der Waals surface area (Å²) in [5, 5.41) is 2.93. The average molecular weight is 262 g/mol. The smallest absolute Gasteiger partial charge is 0.221 e. The van der Waals surface area contributed by atoms with Gasteiger partial charge in [-0.15, -0.1) is 0 Å². The fourth-order valence-electron chi connectivity index (χ4n) is 1.79. The summed E-state index contributed by atoms with van der Waals surface area (Å²) in [5.41, 5.74) is 8.46. The van der Waals surface area contributed by atoms with Gasteiger partial charge in [0.15, 0.2) is 0 Å². The van der Waals surface area contributed by atoms with Gasteiger partial charge < -0.3 is 11.1 Å². The Labute approximate surface area is 116 Å². The van der Waals surface area contributed by atoms with Crippen molar-refractivity contribution in [3.63, 3.8) is 0 Å². The van der Waals surface area contributed by atoms with Crippen LogP contribution in [-0.2, 0) is 11.2 Å². The number of hydrogen-bond donors (Lipinski definition) is 2. The first-order valence-electron chi connectivity index (χ1n) is 6.87. The van der Waals surface area contributed by atoms with Crippen molar-refractivity contribution in [2.24, 2.45) is 11.1 Å². The highest BCUT2D eigenvalue weighted by atomic mass is 16.1. The molecule has 0 saturated heterocycles. The summed E-state index contributed by atoms with van der Waals surface area (Å²) in [6, 6.07) is 8.24. The minimum Gasteiger partial charge on any atom is -0.356 e. The number of nitrogens with one attached hydrogen (secondary N) is 1. The maximum Gasteiger partial charge on any atom is 0.221 e. The summed E-state index contributed by atoms with van der Waals surface area (Å²) >= 11 is 0. The summed E-state index contributed by atoms with van der Waals surface area (Å²) in [6.45, 7) is 8.90. The van der Waals surface area contributed by atoms with Crippen LogP contribution < -0.4 is 11.1 Å². The lowest BCUT2D eigenvalue weighted by atomic mass is 9.85. The van der Waals surface area contributed by atoms with Gasteiger partial charge in [-0.3, -0.25) is 4.79 Å². The van der Waals surface area contributed by atoms with E-state index in [9.17, 15) is 4.79 Å². The first-order chi connectivity index (χ1) is 8.79. The molecule has 1 atom stereocenters.